The number of aryl methyl sites for hydroxylation is 1. The van der Waals surface area contributed by atoms with E-state index >= 15 is 0 Å². The van der Waals surface area contributed by atoms with Gasteiger partial charge in [0.1, 0.15) is 21.4 Å². The zero-order valence-electron chi connectivity index (χ0n) is 11.0. The van der Waals surface area contributed by atoms with Crippen LogP contribution in [-0.2, 0) is 10.0 Å². The first-order valence-electron chi connectivity index (χ1n) is 5.85. The van der Waals surface area contributed by atoms with Crippen LogP contribution in [0, 0.1) is 12.7 Å². The summed E-state index contributed by atoms with van der Waals surface area (Å²) in [7, 11) is -3.97. The van der Waals surface area contributed by atoms with Crippen molar-refractivity contribution in [1.29, 1.82) is 0 Å². The standard InChI is InChI=1S/C13H12FN3O2S2/c1-8-4-5-9(14)7-10(8)17-21(18,19)11-3-2-6-16-12(11)13(15)20/h2-7,17H,1H3,(H2,15,20). The van der Waals surface area contributed by atoms with Gasteiger partial charge in [0, 0.05) is 6.20 Å². The molecule has 0 aliphatic heterocycles. The van der Waals surface area contributed by atoms with Crippen molar-refractivity contribution in [3.63, 3.8) is 0 Å². The van der Waals surface area contributed by atoms with E-state index in [1.165, 1.54) is 30.5 Å². The SMILES string of the molecule is Cc1ccc(F)cc1NS(=O)(=O)c1cccnc1C(N)=S. The second kappa shape index (κ2) is 5.74. The van der Waals surface area contributed by atoms with Crippen LogP contribution >= 0.6 is 12.2 Å². The molecule has 5 nitrogen and oxygen atoms in total. The molecular weight excluding hydrogens is 313 g/mol. The quantitative estimate of drug-likeness (QED) is 0.840. The van der Waals surface area contributed by atoms with Gasteiger partial charge in [-0.15, -0.1) is 0 Å². The molecule has 0 unspecified atom stereocenters. The summed E-state index contributed by atoms with van der Waals surface area (Å²) in [6, 6.07) is 6.61. The van der Waals surface area contributed by atoms with Crippen LogP contribution in [0.5, 0.6) is 0 Å². The van der Waals surface area contributed by atoms with Crippen LogP contribution in [0.4, 0.5) is 10.1 Å². The minimum atomic E-state index is -3.97. The van der Waals surface area contributed by atoms with Gasteiger partial charge in [0.25, 0.3) is 10.0 Å². The predicted octanol–water partition coefficient (Wildman–Crippen LogP) is 1.96. The zero-order chi connectivity index (χ0) is 15.6. The third kappa shape index (κ3) is 3.34. The van der Waals surface area contributed by atoms with Gasteiger partial charge in [-0.2, -0.15) is 0 Å². The fourth-order valence-electron chi connectivity index (χ4n) is 1.70. The summed E-state index contributed by atoms with van der Waals surface area (Å²) in [5.41, 5.74) is 6.20. The van der Waals surface area contributed by atoms with Gasteiger partial charge in [-0.05, 0) is 36.8 Å². The maximum Gasteiger partial charge on any atom is 0.264 e. The molecule has 0 saturated carbocycles. The Kier molecular flexibility index (Phi) is 4.19. The smallest absolute Gasteiger partial charge is 0.264 e. The van der Waals surface area contributed by atoms with E-state index in [1.54, 1.807) is 6.92 Å². The Morgan fingerprint density at radius 2 is 2.10 bits per heavy atom. The molecule has 0 saturated heterocycles. The van der Waals surface area contributed by atoms with E-state index in [0.717, 1.165) is 6.07 Å². The Labute approximate surface area is 127 Å². The molecule has 0 radical (unpaired) electrons. The summed E-state index contributed by atoms with van der Waals surface area (Å²) in [4.78, 5) is 3.58. The Morgan fingerprint density at radius 3 is 2.76 bits per heavy atom. The second-order valence-corrected chi connectivity index (χ2v) is 6.37. The Hall–Kier alpha value is -2.06. The first-order valence-corrected chi connectivity index (χ1v) is 7.74. The van der Waals surface area contributed by atoms with E-state index in [4.69, 9.17) is 18.0 Å². The highest BCUT2D eigenvalue weighted by atomic mass is 32.2. The second-order valence-electron chi connectivity index (χ2n) is 4.28. The van der Waals surface area contributed by atoms with E-state index in [-0.39, 0.29) is 21.3 Å². The fraction of sp³-hybridized carbons (Fsp3) is 0.0769. The van der Waals surface area contributed by atoms with E-state index in [0.29, 0.717) is 5.56 Å². The van der Waals surface area contributed by atoms with Crippen LogP contribution in [0.15, 0.2) is 41.4 Å². The molecule has 3 N–H and O–H groups in total. The Morgan fingerprint density at radius 1 is 1.38 bits per heavy atom. The number of rotatable bonds is 4. The lowest BCUT2D eigenvalue weighted by molar-refractivity contribution is 0.600. The number of nitrogens with two attached hydrogens (primary N) is 1. The van der Waals surface area contributed by atoms with Gasteiger partial charge in [-0.1, -0.05) is 18.3 Å². The van der Waals surface area contributed by atoms with Gasteiger partial charge in [0.15, 0.2) is 0 Å². The largest absolute Gasteiger partial charge is 0.388 e. The maximum absolute atomic E-state index is 13.2. The van der Waals surface area contributed by atoms with E-state index < -0.39 is 15.8 Å². The third-order valence-electron chi connectivity index (χ3n) is 2.74. The number of nitrogens with one attached hydrogen (secondary N) is 1. The molecule has 0 aliphatic carbocycles. The van der Waals surface area contributed by atoms with Crippen molar-refractivity contribution in [1.82, 2.24) is 4.98 Å². The summed E-state index contributed by atoms with van der Waals surface area (Å²) in [5, 5.41) is 0. The summed E-state index contributed by atoms with van der Waals surface area (Å²) in [5.74, 6) is -0.543. The number of halogens is 1. The number of benzene rings is 1. The minimum Gasteiger partial charge on any atom is -0.388 e. The molecule has 1 aromatic heterocycles. The molecule has 0 amide bonds. The van der Waals surface area contributed by atoms with Crippen molar-refractivity contribution < 1.29 is 12.8 Å². The van der Waals surface area contributed by atoms with Gasteiger partial charge >= 0.3 is 0 Å². The molecule has 8 heteroatoms. The van der Waals surface area contributed by atoms with E-state index in [9.17, 15) is 12.8 Å². The molecule has 0 aliphatic rings. The van der Waals surface area contributed by atoms with Crippen LogP contribution in [-0.4, -0.2) is 18.4 Å². The van der Waals surface area contributed by atoms with Crippen LogP contribution < -0.4 is 10.5 Å². The topological polar surface area (TPSA) is 85.1 Å². The maximum atomic E-state index is 13.2. The van der Waals surface area contributed by atoms with E-state index in [1.807, 2.05) is 0 Å². The number of aromatic nitrogens is 1. The van der Waals surface area contributed by atoms with E-state index in [2.05, 4.69) is 9.71 Å². The summed E-state index contributed by atoms with van der Waals surface area (Å²) < 4.78 is 40.4. The van der Waals surface area contributed by atoms with Crippen molar-refractivity contribution in [2.75, 3.05) is 4.72 Å². The number of hydrogen-bond donors (Lipinski definition) is 2. The highest BCUT2D eigenvalue weighted by Crippen LogP contribution is 2.22. The normalized spacial score (nSPS) is 11.1. The molecule has 1 aromatic carbocycles. The molecule has 0 fully saturated rings. The molecule has 110 valence electrons. The van der Waals surface area contributed by atoms with Gasteiger partial charge in [-0.3, -0.25) is 9.71 Å². The summed E-state index contributed by atoms with van der Waals surface area (Å²) in [6.07, 6.45) is 1.39. The molecule has 2 aromatic rings. The van der Waals surface area contributed by atoms with Crippen molar-refractivity contribution in [2.24, 2.45) is 5.73 Å². The van der Waals surface area contributed by atoms with Crippen molar-refractivity contribution in [3.05, 3.63) is 53.6 Å². The average molecular weight is 325 g/mol. The van der Waals surface area contributed by atoms with Crippen LogP contribution in [0.2, 0.25) is 0 Å². The van der Waals surface area contributed by atoms with Gasteiger partial charge in [-0.25, -0.2) is 12.8 Å². The number of anilines is 1. The molecule has 21 heavy (non-hydrogen) atoms. The number of hydrogen-bond acceptors (Lipinski definition) is 4. The lowest BCUT2D eigenvalue weighted by Gasteiger charge is -2.12. The Bertz CT molecular complexity index is 807. The number of nitrogens with zero attached hydrogens (tertiary/aromatic N) is 1. The highest BCUT2D eigenvalue weighted by Gasteiger charge is 2.21. The molecule has 0 atom stereocenters. The molecule has 0 bridgehead atoms. The molecule has 0 spiro atoms. The van der Waals surface area contributed by atoms with Crippen LogP contribution in [0.1, 0.15) is 11.3 Å². The molecule has 2 rings (SSSR count). The summed E-state index contributed by atoms with van der Waals surface area (Å²) in [6.45, 7) is 1.66. The third-order valence-corrected chi connectivity index (χ3v) is 4.33. The van der Waals surface area contributed by atoms with Gasteiger partial charge in [0.2, 0.25) is 0 Å². The number of sulfonamides is 1. The monoisotopic (exact) mass is 325 g/mol. The zero-order valence-corrected chi connectivity index (χ0v) is 12.6. The first kappa shape index (κ1) is 15.3. The molecule has 1 heterocycles. The first-order chi connectivity index (χ1) is 9.81. The lowest BCUT2D eigenvalue weighted by Crippen LogP contribution is -2.21. The Balaban J connectivity index is 2.49. The minimum absolute atomic E-state index is 0.00550. The van der Waals surface area contributed by atoms with Crippen molar-refractivity contribution in [3.8, 4) is 0 Å². The fourth-order valence-corrected chi connectivity index (χ4v) is 3.22. The lowest BCUT2D eigenvalue weighted by atomic mass is 10.2. The summed E-state index contributed by atoms with van der Waals surface area (Å²) >= 11 is 4.79. The highest BCUT2D eigenvalue weighted by molar-refractivity contribution is 7.93. The van der Waals surface area contributed by atoms with Gasteiger partial charge in [0.05, 0.1) is 5.69 Å². The van der Waals surface area contributed by atoms with Crippen LogP contribution in [0.3, 0.4) is 0 Å². The molecular formula is C13H12FN3O2S2. The number of thiocarbonyl (C=S) groups is 1. The van der Waals surface area contributed by atoms with Crippen molar-refractivity contribution >= 4 is 32.9 Å². The predicted molar refractivity (Wildman–Crippen MR) is 82.1 cm³/mol. The average Bonchev–Trinajstić information content (AvgIpc) is 2.42. The number of pyridine rings is 1. The van der Waals surface area contributed by atoms with Crippen LogP contribution in [0.25, 0.3) is 0 Å². The van der Waals surface area contributed by atoms with Crippen molar-refractivity contribution in [2.45, 2.75) is 11.8 Å². The van der Waals surface area contributed by atoms with Gasteiger partial charge < -0.3 is 5.73 Å².